The number of para-hydroxylation sites is 1. The molecular weight excluding hydrogens is 270 g/mol. The smallest absolute Gasteiger partial charge is 0.206 e. The molecule has 0 saturated carbocycles. The Kier molecular flexibility index (Phi) is 2.99. The average Bonchev–Trinajstić information content (AvgIpc) is 2.53. The van der Waals surface area contributed by atoms with Gasteiger partial charge in [-0.05, 0) is 18.2 Å². The topological polar surface area (TPSA) is 72.5 Å². The summed E-state index contributed by atoms with van der Waals surface area (Å²) in [5, 5.41) is 9.97. The van der Waals surface area contributed by atoms with E-state index >= 15 is 0 Å². The fourth-order valence-electron chi connectivity index (χ4n) is 2.36. The van der Waals surface area contributed by atoms with Gasteiger partial charge < -0.3 is 13.9 Å². The van der Waals surface area contributed by atoms with Crippen molar-refractivity contribution in [3.8, 4) is 17.6 Å². The first-order chi connectivity index (χ1) is 10.2. The van der Waals surface area contributed by atoms with E-state index in [-0.39, 0.29) is 28.1 Å². The van der Waals surface area contributed by atoms with Crippen LogP contribution in [0.25, 0.3) is 21.9 Å². The lowest BCUT2D eigenvalue weighted by molar-refractivity contribution is 0.353. The van der Waals surface area contributed by atoms with Gasteiger partial charge in [0, 0.05) is 0 Å². The Hall–Kier alpha value is -3.00. The highest BCUT2D eigenvalue weighted by Crippen LogP contribution is 2.38. The summed E-state index contributed by atoms with van der Waals surface area (Å²) < 4.78 is 16.3. The minimum absolute atomic E-state index is 0.204. The van der Waals surface area contributed by atoms with Crippen molar-refractivity contribution in [2.45, 2.75) is 0 Å². The van der Waals surface area contributed by atoms with Crippen molar-refractivity contribution in [2.75, 3.05) is 14.2 Å². The Morgan fingerprint density at radius 1 is 1.10 bits per heavy atom. The van der Waals surface area contributed by atoms with Gasteiger partial charge in [0.25, 0.3) is 0 Å². The molecule has 0 N–H and O–H groups in total. The monoisotopic (exact) mass is 281 g/mol. The minimum atomic E-state index is -0.204. The molecule has 1 heterocycles. The first-order valence-corrected chi connectivity index (χ1v) is 6.22. The molecular formula is C16H11NO4. The molecule has 0 saturated heterocycles. The zero-order chi connectivity index (χ0) is 15.0. The van der Waals surface area contributed by atoms with E-state index in [0.717, 1.165) is 0 Å². The summed E-state index contributed by atoms with van der Waals surface area (Å²) in [7, 11) is 2.87. The molecule has 0 bridgehead atoms. The van der Waals surface area contributed by atoms with Gasteiger partial charge in [-0.25, -0.2) is 0 Å². The van der Waals surface area contributed by atoms with Crippen LogP contribution >= 0.6 is 0 Å². The van der Waals surface area contributed by atoms with Crippen molar-refractivity contribution in [3.63, 3.8) is 0 Å². The fourth-order valence-corrected chi connectivity index (χ4v) is 2.36. The Morgan fingerprint density at radius 3 is 2.48 bits per heavy atom. The van der Waals surface area contributed by atoms with Crippen LogP contribution in [0.1, 0.15) is 5.56 Å². The Morgan fingerprint density at radius 2 is 1.81 bits per heavy atom. The van der Waals surface area contributed by atoms with E-state index < -0.39 is 0 Å². The number of hydrogen-bond donors (Lipinski definition) is 0. The average molecular weight is 281 g/mol. The third-order valence-corrected chi connectivity index (χ3v) is 3.31. The van der Waals surface area contributed by atoms with Gasteiger partial charge in [-0.1, -0.05) is 12.1 Å². The van der Waals surface area contributed by atoms with Gasteiger partial charge in [0.2, 0.25) is 11.2 Å². The number of methoxy groups -OCH3 is 2. The predicted molar refractivity (Wildman–Crippen MR) is 77.8 cm³/mol. The van der Waals surface area contributed by atoms with Crippen molar-refractivity contribution in [3.05, 3.63) is 46.1 Å². The maximum atomic E-state index is 12.6. The number of fused-ring (bicyclic) bond motifs is 2. The summed E-state index contributed by atoms with van der Waals surface area (Å²) in [6, 6.07) is 10.4. The summed E-state index contributed by atoms with van der Waals surface area (Å²) in [4.78, 5) is 12.6. The van der Waals surface area contributed by atoms with Crippen LogP contribution in [0, 0.1) is 11.3 Å². The first kappa shape index (κ1) is 13.0. The van der Waals surface area contributed by atoms with Crippen LogP contribution in [0.15, 0.2) is 39.5 Å². The van der Waals surface area contributed by atoms with E-state index in [1.807, 2.05) is 6.07 Å². The third kappa shape index (κ3) is 1.81. The van der Waals surface area contributed by atoms with Crippen molar-refractivity contribution in [2.24, 2.45) is 0 Å². The van der Waals surface area contributed by atoms with Gasteiger partial charge >= 0.3 is 0 Å². The Labute approximate surface area is 119 Å². The van der Waals surface area contributed by atoms with E-state index in [0.29, 0.717) is 16.4 Å². The summed E-state index contributed by atoms with van der Waals surface area (Å²) in [6.45, 7) is 0. The zero-order valence-electron chi connectivity index (χ0n) is 11.5. The molecule has 3 rings (SSSR count). The highest BCUT2D eigenvalue weighted by molar-refractivity contribution is 5.95. The molecule has 21 heavy (non-hydrogen) atoms. The molecule has 1 aromatic heterocycles. The molecule has 0 spiro atoms. The molecule has 0 radical (unpaired) electrons. The van der Waals surface area contributed by atoms with Crippen LogP contribution in [-0.2, 0) is 0 Å². The molecule has 0 aliphatic heterocycles. The van der Waals surface area contributed by atoms with Crippen LogP contribution in [0.3, 0.4) is 0 Å². The molecule has 0 fully saturated rings. The summed E-state index contributed by atoms with van der Waals surface area (Å²) >= 11 is 0. The summed E-state index contributed by atoms with van der Waals surface area (Å²) in [5.74, 6) is 0.500. The van der Waals surface area contributed by atoms with Crippen molar-refractivity contribution in [1.82, 2.24) is 0 Å². The van der Waals surface area contributed by atoms with E-state index in [1.54, 1.807) is 24.3 Å². The van der Waals surface area contributed by atoms with Crippen LogP contribution in [-0.4, -0.2) is 14.2 Å². The zero-order valence-corrected chi connectivity index (χ0v) is 11.5. The van der Waals surface area contributed by atoms with Crippen molar-refractivity contribution >= 4 is 21.9 Å². The highest BCUT2D eigenvalue weighted by atomic mass is 16.5. The number of benzene rings is 2. The van der Waals surface area contributed by atoms with Crippen LogP contribution in [0.5, 0.6) is 11.5 Å². The molecule has 5 heteroatoms. The maximum absolute atomic E-state index is 12.6. The van der Waals surface area contributed by atoms with Crippen LogP contribution < -0.4 is 14.9 Å². The summed E-state index contributed by atoms with van der Waals surface area (Å²) in [5.41, 5.74) is 0.755. The van der Waals surface area contributed by atoms with Gasteiger partial charge in [-0.15, -0.1) is 0 Å². The second-order valence-electron chi connectivity index (χ2n) is 4.41. The van der Waals surface area contributed by atoms with Gasteiger partial charge in [0.05, 0.1) is 30.6 Å². The quantitative estimate of drug-likeness (QED) is 0.675. The standard InChI is InChI=1S/C16H11NO4/c1-19-14-9(8-17)7-11-13(18)10-5-3-4-6-12(10)21-15(11)16(14)20-2/h3-7H,1-2H3. The molecule has 0 amide bonds. The second-order valence-corrected chi connectivity index (χ2v) is 4.41. The summed E-state index contributed by atoms with van der Waals surface area (Å²) in [6.07, 6.45) is 0. The van der Waals surface area contributed by atoms with Crippen molar-refractivity contribution < 1.29 is 13.9 Å². The SMILES string of the molecule is COc1c(C#N)cc2c(=O)c3ccccc3oc2c1OC. The number of rotatable bonds is 2. The normalized spacial score (nSPS) is 10.5. The molecule has 104 valence electrons. The van der Waals surface area contributed by atoms with Gasteiger partial charge in [-0.3, -0.25) is 4.79 Å². The molecule has 0 unspecified atom stereocenters. The number of nitrogens with zero attached hydrogens (tertiary/aromatic N) is 1. The highest BCUT2D eigenvalue weighted by Gasteiger charge is 2.20. The molecule has 2 aromatic carbocycles. The van der Waals surface area contributed by atoms with Gasteiger partial charge in [-0.2, -0.15) is 5.26 Å². The minimum Gasteiger partial charge on any atom is -0.491 e. The number of hydrogen-bond acceptors (Lipinski definition) is 5. The lowest BCUT2D eigenvalue weighted by Crippen LogP contribution is -2.05. The van der Waals surface area contributed by atoms with E-state index in [9.17, 15) is 10.1 Å². The molecule has 0 aliphatic carbocycles. The molecule has 0 atom stereocenters. The van der Waals surface area contributed by atoms with E-state index in [2.05, 4.69) is 0 Å². The second kappa shape index (κ2) is 4.84. The van der Waals surface area contributed by atoms with Gasteiger partial charge in [0.1, 0.15) is 11.7 Å². The van der Waals surface area contributed by atoms with Gasteiger partial charge in [0.15, 0.2) is 11.3 Å². The van der Waals surface area contributed by atoms with E-state index in [1.165, 1.54) is 20.3 Å². The fraction of sp³-hybridized carbons (Fsp3) is 0.125. The van der Waals surface area contributed by atoms with Crippen LogP contribution in [0.4, 0.5) is 0 Å². The molecule has 0 aliphatic rings. The Balaban J connectivity index is 2.60. The maximum Gasteiger partial charge on any atom is 0.206 e. The largest absolute Gasteiger partial charge is 0.491 e. The molecule has 5 nitrogen and oxygen atoms in total. The van der Waals surface area contributed by atoms with E-state index in [4.69, 9.17) is 13.9 Å². The lowest BCUT2D eigenvalue weighted by atomic mass is 10.1. The molecule has 3 aromatic rings. The van der Waals surface area contributed by atoms with Crippen molar-refractivity contribution in [1.29, 1.82) is 5.26 Å². The number of nitriles is 1. The van der Waals surface area contributed by atoms with Crippen LogP contribution in [0.2, 0.25) is 0 Å². The Bertz CT molecular complexity index is 950. The lowest BCUT2D eigenvalue weighted by Gasteiger charge is -2.11. The predicted octanol–water partition coefficient (Wildman–Crippen LogP) is 2.84. The number of ether oxygens (including phenoxy) is 2. The first-order valence-electron chi connectivity index (χ1n) is 6.22. The third-order valence-electron chi connectivity index (χ3n) is 3.31.